The maximum absolute atomic E-state index is 14.7. The van der Waals surface area contributed by atoms with Crippen LogP contribution < -0.4 is 53.6 Å². The van der Waals surface area contributed by atoms with E-state index in [4.69, 9.17) is 24.7 Å². The topological polar surface area (TPSA) is 487 Å². The quantitative estimate of drug-likeness (QED) is 0.0291. The van der Waals surface area contributed by atoms with Gasteiger partial charge in [0.2, 0.25) is 47.3 Å². The highest BCUT2D eigenvalue weighted by molar-refractivity contribution is 6.13. The third kappa shape index (κ3) is 27.0. The largest absolute Gasteiger partial charge is 0.388 e. The van der Waals surface area contributed by atoms with Crippen LogP contribution in [0.2, 0.25) is 0 Å². The first-order valence-corrected chi connectivity index (χ1v) is 40.3. The van der Waals surface area contributed by atoms with Crippen molar-refractivity contribution < 1.29 is 102 Å². The summed E-state index contributed by atoms with van der Waals surface area (Å²) in [7, 11) is 8.34. The molecule has 15 N–H and O–H groups in total. The number of likely N-dealkylation sites (tertiary alicyclic amines) is 1. The lowest BCUT2D eigenvalue weighted by Crippen LogP contribution is -2.59. The molecule has 35 nitrogen and oxygen atoms in total. The molecule has 0 aromatic heterocycles. The smallest absolute Gasteiger partial charge is 0.312 e. The predicted octanol–water partition coefficient (Wildman–Crippen LogP) is -0.571. The van der Waals surface area contributed by atoms with Crippen LogP contribution in [0.15, 0.2) is 66.7 Å². The fraction of sp³-hybridized carbons (Fsp3) is 0.667. The van der Waals surface area contributed by atoms with Crippen LogP contribution in [0.5, 0.6) is 0 Å². The van der Waals surface area contributed by atoms with Crippen molar-refractivity contribution in [2.24, 2.45) is 35.3 Å². The number of carbonyl (C=O) groups is 13. The van der Waals surface area contributed by atoms with Crippen LogP contribution in [0.25, 0.3) is 0 Å². The van der Waals surface area contributed by atoms with E-state index in [2.05, 4.69) is 47.9 Å². The lowest BCUT2D eigenvalue weighted by molar-refractivity contribution is -0.148. The highest BCUT2D eigenvalue weighted by Gasteiger charge is 2.51. The van der Waals surface area contributed by atoms with E-state index in [-0.39, 0.29) is 93.8 Å². The standard InChI is InChI=1S/C81H126N14O21/c1-15-47(8)65(93(12)80(111)63(45(4)5)91-77(108)64(46(6)7)92(10)11)55(113-13)41-61(99)94-39-23-27-54(94)70(114-14)48(9)73(104)89-53(40-50-24-18-16-19-25-50)74(105)83-37-35-49-29-31-51(32-30-49)87-75(106)52(26-22-36-84-81(82)112)88-76(107)62(44(2)3)90-79(110)72-69(103)67(101)57(116-72)43-86-78(109)71-68(102)66(100)56(115-71)42-85-58(96)28-20-17-21-38-95-59(97)33-34-60(95)98/h16,18-19,24-25,29-34,44-48,52-57,62-72,100-103H,15,17,20-23,26-28,35-43H2,1-14H3,(H,83,105)(H,85,96)(H,86,109)(H,87,106)(H,88,107)(H,89,104)(H,90,110)(H,91,108)(H3,82,84,112)/t47-,48+,52+,53-,54-,55+,56+,57+,62?,63?,64-,65-,66?,67?,68?,69?,70+,71?,72-/m0/s1. The normalized spacial score (nSPS) is 22.6. The van der Waals surface area contributed by atoms with Crippen LogP contribution in [-0.2, 0) is 89.3 Å². The van der Waals surface area contributed by atoms with Crippen molar-refractivity contribution in [2.75, 3.05) is 79.9 Å². The Morgan fingerprint density at radius 3 is 1.78 bits per heavy atom. The average Bonchev–Trinajstić information content (AvgIpc) is 1.58. The molecule has 116 heavy (non-hydrogen) atoms. The zero-order valence-corrected chi connectivity index (χ0v) is 69.4. The molecule has 3 fully saturated rings. The molecular weight excluding hydrogens is 1500 g/mol. The summed E-state index contributed by atoms with van der Waals surface area (Å²) in [6.45, 7) is 16.5. The number of carbonyl (C=O) groups excluding carboxylic acids is 13. The summed E-state index contributed by atoms with van der Waals surface area (Å²) in [5.74, 6) is -8.36. The van der Waals surface area contributed by atoms with E-state index in [1.54, 1.807) is 61.9 Å². The molecule has 0 bridgehead atoms. The number of unbranched alkanes of at least 4 members (excludes halogenated alkanes) is 2. The molecule has 2 aromatic rings. The van der Waals surface area contributed by atoms with Gasteiger partial charge in [-0.15, -0.1) is 0 Å². The van der Waals surface area contributed by atoms with Gasteiger partial charge in [0.25, 0.3) is 23.6 Å². The number of aliphatic hydroxyl groups is 4. The maximum Gasteiger partial charge on any atom is 0.312 e. The van der Waals surface area contributed by atoms with E-state index >= 15 is 0 Å². The zero-order chi connectivity index (χ0) is 85.9. The van der Waals surface area contributed by atoms with Crippen molar-refractivity contribution in [3.63, 3.8) is 0 Å². The van der Waals surface area contributed by atoms with E-state index in [1.807, 2.05) is 90.9 Å². The van der Waals surface area contributed by atoms with Gasteiger partial charge >= 0.3 is 6.03 Å². The molecule has 35 heteroatoms. The van der Waals surface area contributed by atoms with Crippen molar-refractivity contribution in [3.05, 3.63) is 77.9 Å². The van der Waals surface area contributed by atoms with Gasteiger partial charge in [0.1, 0.15) is 60.8 Å². The number of nitrogens with two attached hydrogens (primary N) is 1. The fourth-order valence-electron chi connectivity index (χ4n) is 15.3. The Morgan fingerprint density at radius 2 is 1.22 bits per heavy atom. The van der Waals surface area contributed by atoms with Crippen LogP contribution in [-0.4, -0.2) is 295 Å². The number of likely N-dealkylation sites (N-methyl/N-ethyl adjacent to an activating group) is 2. The summed E-state index contributed by atoms with van der Waals surface area (Å²) in [6, 6.07) is 8.95. The summed E-state index contributed by atoms with van der Waals surface area (Å²) in [5.41, 5.74) is 7.12. The Balaban J connectivity index is 1.01. The van der Waals surface area contributed by atoms with Gasteiger partial charge in [-0.05, 0) is 106 Å². The molecule has 7 unspecified atom stereocenters. The Bertz CT molecular complexity index is 3640. The number of imide groups is 1. The predicted molar refractivity (Wildman–Crippen MR) is 426 cm³/mol. The van der Waals surface area contributed by atoms with E-state index in [0.717, 1.165) is 16.0 Å². The molecule has 0 aliphatic carbocycles. The number of methoxy groups -OCH3 is 2. The molecule has 4 aliphatic heterocycles. The van der Waals surface area contributed by atoms with Gasteiger partial charge in [0.15, 0.2) is 12.2 Å². The van der Waals surface area contributed by atoms with Gasteiger partial charge in [-0.25, -0.2) is 4.79 Å². The number of aliphatic hydroxyl groups excluding tert-OH is 4. The van der Waals surface area contributed by atoms with Gasteiger partial charge in [0.05, 0.1) is 42.7 Å². The highest BCUT2D eigenvalue weighted by Crippen LogP contribution is 2.31. The number of amides is 14. The van der Waals surface area contributed by atoms with Crippen LogP contribution in [0.4, 0.5) is 10.5 Å². The van der Waals surface area contributed by atoms with Crippen LogP contribution in [0, 0.1) is 29.6 Å². The fourth-order valence-corrected chi connectivity index (χ4v) is 15.3. The van der Waals surface area contributed by atoms with Gasteiger partial charge in [0, 0.05) is 91.2 Å². The summed E-state index contributed by atoms with van der Waals surface area (Å²) in [6.07, 6.45) is -8.39. The van der Waals surface area contributed by atoms with Crippen molar-refractivity contribution in [1.29, 1.82) is 0 Å². The molecule has 14 amide bonds. The summed E-state index contributed by atoms with van der Waals surface area (Å²) >= 11 is 0. The monoisotopic (exact) mass is 1630 g/mol. The second kappa shape index (κ2) is 46.2. The lowest BCUT2D eigenvalue weighted by Gasteiger charge is -2.41. The number of rotatable bonds is 46. The number of nitrogens with one attached hydrogen (secondary N) is 9. The van der Waals surface area contributed by atoms with Crippen molar-refractivity contribution in [1.82, 2.24) is 62.1 Å². The summed E-state index contributed by atoms with van der Waals surface area (Å²) < 4.78 is 23.5. The highest BCUT2D eigenvalue weighted by atomic mass is 16.6. The molecule has 6 rings (SSSR count). The first kappa shape index (κ1) is 95.8. The molecule has 2 aromatic carbocycles. The summed E-state index contributed by atoms with van der Waals surface area (Å²) in [5, 5.41) is 67.9. The molecule has 3 saturated heterocycles. The number of benzene rings is 2. The SMILES string of the molecule is CC[C@H](C)[C@@H]([C@@H](CC(=O)N1CCC[C@H]1[C@H](OC)[C@@H](C)C(=O)N[C@@H](Cc1ccccc1)C(=O)NCCc1ccc(NC(=O)[C@@H](CCCNC(N)=O)NC(=O)C(NC(=O)[C@H]2O[C@H](CNC(=O)C3O[C@H](CNC(=O)CCCCCN4C(=O)C=CC4=O)C(O)C3O)C(O)C2O)C(C)C)cc1)OC)N(C)C(=O)C(NC(=O)[C@H](C(C)C)N(C)C)C(C)C. The van der Waals surface area contributed by atoms with E-state index in [1.165, 1.54) is 26.4 Å². The Hall–Kier alpha value is -9.07. The maximum atomic E-state index is 14.7. The molecule has 646 valence electrons. The van der Waals surface area contributed by atoms with Gasteiger partial charge in [-0.1, -0.05) is 118 Å². The minimum atomic E-state index is -1.87. The van der Waals surface area contributed by atoms with E-state index in [9.17, 15) is 82.8 Å². The zero-order valence-electron chi connectivity index (χ0n) is 69.4. The third-order valence-corrected chi connectivity index (χ3v) is 22.0. The number of ether oxygens (including phenoxy) is 4. The minimum Gasteiger partial charge on any atom is -0.388 e. The Morgan fingerprint density at radius 1 is 0.612 bits per heavy atom. The van der Waals surface area contributed by atoms with Crippen LogP contribution in [0.3, 0.4) is 0 Å². The van der Waals surface area contributed by atoms with Gasteiger partial charge in [-0.2, -0.15) is 0 Å². The summed E-state index contributed by atoms with van der Waals surface area (Å²) in [4.78, 5) is 181. The molecule has 4 aliphatic rings. The minimum absolute atomic E-state index is 0.0215. The number of hydrogen-bond acceptors (Lipinski definition) is 22. The molecular formula is C81H126N14O21. The number of urea groups is 1. The number of hydrogen-bond donors (Lipinski definition) is 14. The number of anilines is 1. The van der Waals surface area contributed by atoms with Crippen LogP contribution in [0.1, 0.15) is 138 Å². The molecule has 19 atom stereocenters. The lowest BCUT2D eigenvalue weighted by atomic mass is 9.89. The number of primary amides is 1. The molecule has 4 heterocycles. The molecule has 0 spiro atoms. The van der Waals surface area contributed by atoms with Gasteiger partial charge in [-0.3, -0.25) is 67.3 Å². The molecule has 0 radical (unpaired) electrons. The van der Waals surface area contributed by atoms with Gasteiger partial charge < -0.3 is 103 Å². The van der Waals surface area contributed by atoms with Crippen LogP contribution >= 0.6 is 0 Å². The Kier molecular flexibility index (Phi) is 38.1. The second-order valence-corrected chi connectivity index (χ2v) is 31.8. The number of nitrogens with zero attached hydrogens (tertiary/aromatic N) is 4. The first-order chi connectivity index (χ1) is 54.9. The Labute approximate surface area is 679 Å². The van der Waals surface area contributed by atoms with E-state index in [0.29, 0.717) is 57.2 Å². The first-order valence-electron chi connectivity index (χ1n) is 40.3. The van der Waals surface area contributed by atoms with E-state index < -0.39 is 181 Å². The van der Waals surface area contributed by atoms with Crippen molar-refractivity contribution in [3.8, 4) is 0 Å². The third-order valence-electron chi connectivity index (χ3n) is 22.0. The van der Waals surface area contributed by atoms with Crippen molar-refractivity contribution >= 4 is 82.6 Å². The second-order valence-electron chi connectivity index (χ2n) is 31.8. The average molecular weight is 1630 g/mol. The molecule has 0 saturated carbocycles. The van der Waals surface area contributed by atoms with Crippen molar-refractivity contribution in [2.45, 2.75) is 243 Å².